The molecule has 0 amide bonds. The smallest absolute Gasteiger partial charge is 0.131 e. The normalized spacial score (nSPS) is 10.8. The zero-order chi connectivity index (χ0) is 12.8. The van der Waals surface area contributed by atoms with Crippen molar-refractivity contribution in [3.63, 3.8) is 0 Å². The minimum atomic E-state index is 0.823. The van der Waals surface area contributed by atoms with E-state index in [1.165, 1.54) is 5.56 Å². The minimum absolute atomic E-state index is 0.823. The van der Waals surface area contributed by atoms with Gasteiger partial charge in [0.2, 0.25) is 0 Å². The van der Waals surface area contributed by atoms with Crippen LogP contribution in [0.25, 0.3) is 0 Å². The van der Waals surface area contributed by atoms with Crippen molar-refractivity contribution in [2.45, 2.75) is 26.3 Å². The van der Waals surface area contributed by atoms with Crippen LogP contribution in [-0.2, 0) is 13.0 Å². The summed E-state index contributed by atoms with van der Waals surface area (Å²) in [5.41, 5.74) is 1.26. The average molecular weight is 326 g/mol. The molecule has 18 heavy (non-hydrogen) atoms. The lowest BCUT2D eigenvalue weighted by atomic mass is 10.2. The molecule has 0 fully saturated rings. The van der Waals surface area contributed by atoms with Crippen LogP contribution in [0, 0.1) is 0 Å². The molecular formula is C13H16BrN3S. The Morgan fingerprint density at radius 2 is 2.11 bits per heavy atom. The zero-order valence-electron chi connectivity index (χ0n) is 10.3. The van der Waals surface area contributed by atoms with Gasteiger partial charge in [-0.3, -0.25) is 0 Å². The van der Waals surface area contributed by atoms with E-state index in [2.05, 4.69) is 50.5 Å². The van der Waals surface area contributed by atoms with Crippen molar-refractivity contribution in [2.24, 2.45) is 0 Å². The lowest BCUT2D eigenvalue weighted by Crippen LogP contribution is -2.13. The Hall–Kier alpha value is -0.780. The van der Waals surface area contributed by atoms with Gasteiger partial charge >= 0.3 is 0 Å². The fourth-order valence-corrected chi connectivity index (χ4v) is 2.92. The molecule has 2 rings (SSSR count). The maximum absolute atomic E-state index is 4.23. The lowest BCUT2D eigenvalue weighted by molar-refractivity contribution is 0.668. The van der Waals surface area contributed by atoms with Crippen molar-refractivity contribution in [1.82, 2.24) is 15.5 Å². The predicted octanol–water partition coefficient (Wildman–Crippen LogP) is 3.39. The molecule has 0 radical (unpaired) electrons. The molecule has 1 aromatic carbocycles. The van der Waals surface area contributed by atoms with Gasteiger partial charge in [0, 0.05) is 17.4 Å². The summed E-state index contributed by atoms with van der Waals surface area (Å²) in [6, 6.07) is 8.31. The number of benzene rings is 1. The van der Waals surface area contributed by atoms with Gasteiger partial charge < -0.3 is 5.32 Å². The molecular weight excluding hydrogens is 310 g/mol. The van der Waals surface area contributed by atoms with Gasteiger partial charge in [-0.1, -0.05) is 46.3 Å². The van der Waals surface area contributed by atoms with Crippen LogP contribution >= 0.6 is 27.3 Å². The second-order valence-electron chi connectivity index (χ2n) is 4.07. The van der Waals surface area contributed by atoms with Crippen molar-refractivity contribution in [1.29, 1.82) is 0 Å². The highest BCUT2D eigenvalue weighted by Gasteiger charge is 2.05. The first kappa shape index (κ1) is 13.6. The monoisotopic (exact) mass is 325 g/mol. The Morgan fingerprint density at radius 3 is 2.89 bits per heavy atom. The highest BCUT2D eigenvalue weighted by atomic mass is 79.9. The minimum Gasteiger partial charge on any atom is -0.310 e. The summed E-state index contributed by atoms with van der Waals surface area (Å²) in [5, 5.41) is 13.9. The molecule has 0 bridgehead atoms. The number of aromatic nitrogens is 2. The molecule has 1 heterocycles. The van der Waals surface area contributed by atoms with E-state index in [1.807, 2.05) is 12.1 Å². The van der Waals surface area contributed by atoms with Crippen LogP contribution < -0.4 is 5.32 Å². The quantitative estimate of drug-likeness (QED) is 0.827. The first-order valence-corrected chi connectivity index (χ1v) is 7.65. The molecule has 0 saturated carbocycles. The summed E-state index contributed by atoms with van der Waals surface area (Å²) < 4.78 is 1.11. The molecule has 0 aliphatic rings. The van der Waals surface area contributed by atoms with E-state index in [1.54, 1.807) is 11.3 Å². The molecule has 3 nitrogen and oxygen atoms in total. The Kier molecular flexibility index (Phi) is 5.28. The fraction of sp³-hybridized carbons (Fsp3) is 0.385. The van der Waals surface area contributed by atoms with E-state index >= 15 is 0 Å². The van der Waals surface area contributed by atoms with Crippen LogP contribution in [0.4, 0.5) is 0 Å². The molecule has 1 aromatic heterocycles. The predicted molar refractivity (Wildman–Crippen MR) is 78.9 cm³/mol. The third kappa shape index (κ3) is 4.15. The molecule has 96 valence electrons. The number of nitrogens with zero attached hydrogens (tertiary/aromatic N) is 2. The van der Waals surface area contributed by atoms with E-state index in [-0.39, 0.29) is 0 Å². The molecule has 2 aromatic rings. The first-order chi connectivity index (χ1) is 8.78. The van der Waals surface area contributed by atoms with E-state index in [0.29, 0.717) is 0 Å². The number of rotatable bonds is 6. The molecule has 1 N–H and O–H groups in total. The molecule has 0 unspecified atom stereocenters. The molecule has 0 aliphatic heterocycles. The van der Waals surface area contributed by atoms with Crippen molar-refractivity contribution in [3.05, 3.63) is 44.3 Å². The molecule has 0 aliphatic carbocycles. The topological polar surface area (TPSA) is 37.8 Å². The third-order valence-electron chi connectivity index (χ3n) is 2.46. The summed E-state index contributed by atoms with van der Waals surface area (Å²) >= 11 is 5.16. The summed E-state index contributed by atoms with van der Waals surface area (Å²) in [6.45, 7) is 4.01. The number of hydrogen-bond donors (Lipinski definition) is 1. The van der Waals surface area contributed by atoms with Crippen LogP contribution in [-0.4, -0.2) is 16.7 Å². The maximum atomic E-state index is 4.23. The largest absolute Gasteiger partial charge is 0.310 e. The van der Waals surface area contributed by atoms with Gasteiger partial charge in [0.25, 0.3) is 0 Å². The van der Waals surface area contributed by atoms with E-state index in [0.717, 1.165) is 40.4 Å². The summed E-state index contributed by atoms with van der Waals surface area (Å²) in [5.74, 6) is 0. The van der Waals surface area contributed by atoms with Gasteiger partial charge in [-0.15, -0.1) is 10.2 Å². The van der Waals surface area contributed by atoms with Gasteiger partial charge in [0.05, 0.1) is 0 Å². The summed E-state index contributed by atoms with van der Waals surface area (Å²) in [6.07, 6.45) is 1.99. The highest BCUT2D eigenvalue weighted by molar-refractivity contribution is 9.10. The Morgan fingerprint density at radius 1 is 1.28 bits per heavy atom. The van der Waals surface area contributed by atoms with Crippen LogP contribution in [0.5, 0.6) is 0 Å². The SMILES string of the molecule is CCCNCc1nnc(Cc2cccc(Br)c2)s1. The van der Waals surface area contributed by atoms with Gasteiger partial charge in [0.1, 0.15) is 10.0 Å². The van der Waals surface area contributed by atoms with Gasteiger partial charge in [-0.05, 0) is 30.7 Å². The Labute approximate surface area is 120 Å². The Balaban J connectivity index is 1.94. The van der Waals surface area contributed by atoms with Crippen LogP contribution in [0.2, 0.25) is 0 Å². The van der Waals surface area contributed by atoms with Gasteiger partial charge in [-0.25, -0.2) is 0 Å². The molecule has 0 atom stereocenters. The second-order valence-corrected chi connectivity index (χ2v) is 6.14. The fourth-order valence-electron chi connectivity index (χ4n) is 1.62. The lowest BCUT2D eigenvalue weighted by Gasteiger charge is -1.98. The number of nitrogens with one attached hydrogen (secondary N) is 1. The Bertz CT molecular complexity index is 498. The van der Waals surface area contributed by atoms with Gasteiger partial charge in [0.15, 0.2) is 0 Å². The van der Waals surface area contributed by atoms with E-state index in [9.17, 15) is 0 Å². The maximum Gasteiger partial charge on any atom is 0.131 e. The highest BCUT2D eigenvalue weighted by Crippen LogP contribution is 2.17. The molecule has 5 heteroatoms. The molecule has 0 saturated heterocycles. The summed E-state index contributed by atoms with van der Waals surface area (Å²) in [4.78, 5) is 0. The van der Waals surface area contributed by atoms with Crippen molar-refractivity contribution >= 4 is 27.3 Å². The van der Waals surface area contributed by atoms with Crippen LogP contribution in [0.3, 0.4) is 0 Å². The van der Waals surface area contributed by atoms with Crippen molar-refractivity contribution in [3.8, 4) is 0 Å². The third-order valence-corrected chi connectivity index (χ3v) is 3.87. The first-order valence-electron chi connectivity index (χ1n) is 6.04. The average Bonchev–Trinajstić information content (AvgIpc) is 2.77. The standard InChI is InChI=1S/C13H16BrN3S/c1-2-6-15-9-13-17-16-12(18-13)8-10-4-3-5-11(14)7-10/h3-5,7,15H,2,6,8-9H2,1H3. The molecule has 0 spiro atoms. The summed E-state index contributed by atoms with van der Waals surface area (Å²) in [7, 11) is 0. The van der Waals surface area contributed by atoms with Crippen LogP contribution in [0.15, 0.2) is 28.7 Å². The second kappa shape index (κ2) is 6.97. The zero-order valence-corrected chi connectivity index (χ0v) is 12.7. The van der Waals surface area contributed by atoms with E-state index in [4.69, 9.17) is 0 Å². The van der Waals surface area contributed by atoms with Crippen molar-refractivity contribution in [2.75, 3.05) is 6.54 Å². The number of hydrogen-bond acceptors (Lipinski definition) is 4. The number of halogens is 1. The van der Waals surface area contributed by atoms with Crippen molar-refractivity contribution < 1.29 is 0 Å². The van der Waals surface area contributed by atoms with Crippen LogP contribution in [0.1, 0.15) is 28.9 Å². The van der Waals surface area contributed by atoms with E-state index < -0.39 is 0 Å². The van der Waals surface area contributed by atoms with Gasteiger partial charge in [-0.2, -0.15) is 0 Å².